The molecule has 1 aliphatic heterocycles. The largest absolute Gasteiger partial charge is 0.465 e. The smallest absolute Gasteiger partial charge is 0.417 e. The highest BCUT2D eigenvalue weighted by molar-refractivity contribution is 6.10. The Kier molecular flexibility index (Phi) is 7.57. The molecule has 0 aliphatic carbocycles. The van der Waals surface area contributed by atoms with Crippen LogP contribution in [-0.4, -0.2) is 54.3 Å². The highest BCUT2D eigenvalue weighted by Crippen LogP contribution is 2.41. The molecular formula is C33H25F3N6O4. The Balaban J connectivity index is 1.30. The van der Waals surface area contributed by atoms with Crippen LogP contribution >= 0.6 is 0 Å². The van der Waals surface area contributed by atoms with Crippen molar-refractivity contribution in [2.75, 3.05) is 11.9 Å². The monoisotopic (exact) mass is 626 g/mol. The van der Waals surface area contributed by atoms with Crippen LogP contribution in [0, 0.1) is 11.3 Å². The van der Waals surface area contributed by atoms with E-state index in [1.165, 1.54) is 62.7 Å². The fourth-order valence-electron chi connectivity index (χ4n) is 5.82. The quantitative estimate of drug-likeness (QED) is 0.169. The second kappa shape index (κ2) is 11.6. The lowest BCUT2D eigenvalue weighted by Gasteiger charge is -2.17. The maximum absolute atomic E-state index is 14.2. The van der Waals surface area contributed by atoms with Gasteiger partial charge in [0.05, 0.1) is 51.4 Å². The third-order valence-electron chi connectivity index (χ3n) is 8.06. The molecule has 6 rings (SSSR count). The van der Waals surface area contributed by atoms with Crippen LogP contribution < -0.4 is 5.32 Å². The Morgan fingerprint density at radius 1 is 1.09 bits per heavy atom. The number of nitrogens with zero attached hydrogens (tertiary/aromatic N) is 5. The van der Waals surface area contributed by atoms with Crippen molar-refractivity contribution in [2.24, 2.45) is 7.05 Å². The van der Waals surface area contributed by atoms with Gasteiger partial charge in [0.25, 0.3) is 0 Å². The summed E-state index contributed by atoms with van der Waals surface area (Å²) in [7, 11) is 1.61. The highest BCUT2D eigenvalue weighted by atomic mass is 19.4. The van der Waals surface area contributed by atoms with Crippen molar-refractivity contribution in [2.45, 2.75) is 25.1 Å². The van der Waals surface area contributed by atoms with E-state index in [4.69, 9.17) is 0 Å². The maximum Gasteiger partial charge on any atom is 0.417 e. The third kappa shape index (κ3) is 5.45. The molecule has 10 nitrogen and oxygen atoms in total. The van der Waals surface area contributed by atoms with Gasteiger partial charge >= 0.3 is 12.3 Å². The number of pyridine rings is 1. The number of nitrogens with one attached hydrogen (secondary N) is 1. The Labute approximate surface area is 259 Å². The molecule has 0 saturated carbocycles. The number of carbonyl (C=O) groups excluding carboxylic acids is 2. The summed E-state index contributed by atoms with van der Waals surface area (Å²) in [5.74, 6) is -1.06. The molecule has 0 radical (unpaired) electrons. The second-order valence-electron chi connectivity index (χ2n) is 10.9. The van der Waals surface area contributed by atoms with Gasteiger partial charge in [-0.15, -0.1) is 0 Å². The average molecular weight is 627 g/mol. The molecule has 1 saturated heterocycles. The number of halogens is 3. The van der Waals surface area contributed by atoms with Gasteiger partial charge in [0.2, 0.25) is 11.7 Å². The molecule has 1 fully saturated rings. The number of fused-ring (bicyclic) bond motifs is 2. The summed E-state index contributed by atoms with van der Waals surface area (Å²) in [6.07, 6.45) is 1.29. The number of nitriles is 1. The highest BCUT2D eigenvalue weighted by Gasteiger charge is 2.35. The number of carboxylic acid groups (broad SMARTS) is 1. The zero-order valence-electron chi connectivity index (χ0n) is 24.2. The van der Waals surface area contributed by atoms with Gasteiger partial charge in [0, 0.05) is 37.0 Å². The van der Waals surface area contributed by atoms with Gasteiger partial charge < -0.3 is 24.3 Å². The zero-order chi connectivity index (χ0) is 32.7. The fraction of sp³-hybridized carbons (Fsp3) is 0.182. The van der Waals surface area contributed by atoms with E-state index >= 15 is 0 Å². The summed E-state index contributed by atoms with van der Waals surface area (Å²) in [5, 5.41) is 21.6. The number of likely N-dealkylation sites (tertiary alicyclic amines) is 1. The lowest BCUT2D eigenvalue weighted by molar-refractivity contribution is -0.137. The molecule has 5 aromatic rings. The number of aryl methyl sites for hydroxylation is 1. The van der Waals surface area contributed by atoms with Crippen LogP contribution in [0.1, 0.15) is 40.0 Å². The van der Waals surface area contributed by atoms with Crippen molar-refractivity contribution < 1.29 is 32.7 Å². The molecule has 1 unspecified atom stereocenters. The van der Waals surface area contributed by atoms with E-state index in [1.807, 2.05) is 6.07 Å². The normalized spacial score (nSPS) is 15.1. The fourth-order valence-corrected chi connectivity index (χ4v) is 5.82. The van der Waals surface area contributed by atoms with E-state index in [-0.39, 0.29) is 33.6 Å². The van der Waals surface area contributed by atoms with E-state index in [9.17, 15) is 37.9 Å². The van der Waals surface area contributed by atoms with Gasteiger partial charge in [-0.25, -0.2) is 9.78 Å². The van der Waals surface area contributed by atoms with E-state index in [2.05, 4.69) is 10.3 Å². The number of benzene rings is 2. The molecule has 1 atom stereocenters. The van der Waals surface area contributed by atoms with Crippen LogP contribution in [0.25, 0.3) is 27.7 Å². The predicted octanol–water partition coefficient (Wildman–Crippen LogP) is 6.25. The Morgan fingerprint density at radius 2 is 1.89 bits per heavy atom. The van der Waals surface area contributed by atoms with E-state index in [0.717, 1.165) is 6.07 Å². The standard InChI is InChI=1S/C33H25F3N6O4/c1-40-18-38-26-15-23(24(16-29(26)40)33(34,35)36)22-5-3-13-42-27(22)9-10-28(42)31(44)19-6-8-25(20(14-19)17-37)39-30(43)11-7-21-4-2-12-41(21)32(45)46/h3,5-11,13-16,18,21H,2,4,12H2,1H3,(H,39,43)(H,45,46)/b11-7+. The van der Waals surface area contributed by atoms with E-state index in [0.29, 0.717) is 35.9 Å². The third-order valence-corrected chi connectivity index (χ3v) is 8.06. The Morgan fingerprint density at radius 3 is 2.63 bits per heavy atom. The molecule has 46 heavy (non-hydrogen) atoms. The average Bonchev–Trinajstić information content (AvgIpc) is 3.77. The molecular weight excluding hydrogens is 601 g/mol. The number of hydrogen-bond donors (Lipinski definition) is 2. The first-order valence-corrected chi connectivity index (χ1v) is 14.2. The summed E-state index contributed by atoms with van der Waals surface area (Å²) < 4.78 is 45.7. The molecule has 2 amide bonds. The summed E-state index contributed by atoms with van der Waals surface area (Å²) >= 11 is 0. The molecule has 0 bridgehead atoms. The van der Waals surface area contributed by atoms with Gasteiger partial charge in [0.1, 0.15) is 6.07 Å². The summed E-state index contributed by atoms with van der Waals surface area (Å²) in [5.41, 5.74) is 0.894. The second-order valence-corrected chi connectivity index (χ2v) is 10.9. The number of rotatable bonds is 6. The summed E-state index contributed by atoms with van der Waals surface area (Å²) in [6.45, 7) is 0.383. The van der Waals surface area contributed by atoms with E-state index < -0.39 is 35.6 Å². The number of hydrogen-bond acceptors (Lipinski definition) is 5. The lowest BCUT2D eigenvalue weighted by atomic mass is 9.98. The van der Waals surface area contributed by atoms with Gasteiger partial charge in [-0.2, -0.15) is 18.4 Å². The molecule has 4 heterocycles. The van der Waals surface area contributed by atoms with Crippen LogP contribution in [0.5, 0.6) is 0 Å². The summed E-state index contributed by atoms with van der Waals surface area (Å²) in [6, 6.07) is 14.3. The predicted molar refractivity (Wildman–Crippen MR) is 162 cm³/mol. The topological polar surface area (TPSA) is 133 Å². The number of alkyl halides is 3. The number of ketones is 1. The van der Waals surface area contributed by atoms with Crippen molar-refractivity contribution in [3.63, 3.8) is 0 Å². The molecule has 13 heteroatoms. The van der Waals surface area contributed by atoms with Gasteiger partial charge in [-0.1, -0.05) is 12.1 Å². The van der Waals surface area contributed by atoms with Crippen LogP contribution in [0.2, 0.25) is 0 Å². The van der Waals surface area contributed by atoms with Crippen molar-refractivity contribution in [3.8, 4) is 17.2 Å². The maximum atomic E-state index is 14.2. The minimum atomic E-state index is -4.65. The van der Waals surface area contributed by atoms with Gasteiger partial charge in [-0.3, -0.25) is 9.59 Å². The molecule has 232 valence electrons. The minimum Gasteiger partial charge on any atom is -0.465 e. The molecule has 3 aromatic heterocycles. The first-order chi connectivity index (χ1) is 22.0. The van der Waals surface area contributed by atoms with Crippen molar-refractivity contribution in [1.82, 2.24) is 18.9 Å². The SMILES string of the molecule is Cn1cnc2cc(-c3cccn4c(C(=O)c5ccc(NC(=O)/C=C/C6CCCN6C(=O)O)c(C#N)c5)ccc34)c(C(F)(F)F)cc21. The lowest BCUT2D eigenvalue weighted by Crippen LogP contribution is -2.33. The van der Waals surface area contributed by atoms with Crippen molar-refractivity contribution >= 4 is 40.0 Å². The number of imidazole rings is 1. The Bertz CT molecular complexity index is 2120. The molecule has 0 spiro atoms. The van der Waals surface area contributed by atoms with Crippen LogP contribution in [0.3, 0.4) is 0 Å². The van der Waals surface area contributed by atoms with Gasteiger partial charge in [0.15, 0.2) is 0 Å². The minimum absolute atomic E-state index is 0.0145. The number of anilines is 1. The molecule has 2 aromatic carbocycles. The van der Waals surface area contributed by atoms with Crippen LogP contribution in [-0.2, 0) is 18.0 Å². The van der Waals surface area contributed by atoms with Crippen molar-refractivity contribution in [3.05, 3.63) is 102 Å². The first-order valence-electron chi connectivity index (χ1n) is 14.2. The van der Waals surface area contributed by atoms with E-state index in [1.54, 1.807) is 31.4 Å². The summed E-state index contributed by atoms with van der Waals surface area (Å²) in [4.78, 5) is 43.0. The number of aromatic nitrogens is 3. The van der Waals surface area contributed by atoms with Gasteiger partial charge in [-0.05, 0) is 66.9 Å². The zero-order valence-corrected chi connectivity index (χ0v) is 24.2. The Hall–Kier alpha value is -5.90. The van der Waals surface area contributed by atoms with Crippen LogP contribution in [0.4, 0.5) is 23.7 Å². The van der Waals surface area contributed by atoms with Crippen LogP contribution in [0.15, 0.2) is 79.3 Å². The number of carbonyl (C=O) groups is 3. The van der Waals surface area contributed by atoms with Crippen molar-refractivity contribution in [1.29, 1.82) is 5.26 Å². The number of amides is 2. The first kappa shape index (κ1) is 30.1. The molecule has 2 N–H and O–H groups in total. The molecule has 1 aliphatic rings.